The topological polar surface area (TPSA) is 84.7 Å². The quantitative estimate of drug-likeness (QED) is 0.687. The number of hydrogen-bond donors (Lipinski definition) is 2. The molecule has 0 aliphatic rings. The van der Waals surface area contributed by atoms with E-state index in [9.17, 15) is 9.59 Å². The monoisotopic (exact) mass is 279 g/mol. The van der Waals surface area contributed by atoms with E-state index in [0.29, 0.717) is 25.3 Å². The van der Waals surface area contributed by atoms with Crippen LogP contribution >= 0.6 is 0 Å². The van der Waals surface area contributed by atoms with Crippen LogP contribution in [-0.4, -0.2) is 50.6 Å². The summed E-state index contributed by atoms with van der Waals surface area (Å²) in [6.07, 6.45) is 0. The Bertz CT molecular complexity index is 445. The average molecular weight is 279 g/mol. The summed E-state index contributed by atoms with van der Waals surface area (Å²) < 4.78 is 4.83. The zero-order valence-electron chi connectivity index (χ0n) is 11.9. The zero-order valence-corrected chi connectivity index (χ0v) is 11.9. The van der Waals surface area contributed by atoms with E-state index in [0.717, 1.165) is 5.56 Å². The molecule has 0 aromatic heterocycles. The summed E-state index contributed by atoms with van der Waals surface area (Å²) in [7, 11) is 3.15. The highest BCUT2D eigenvalue weighted by Crippen LogP contribution is 2.06. The molecule has 110 valence electrons. The second kappa shape index (κ2) is 8.29. The van der Waals surface area contributed by atoms with Gasteiger partial charge in [-0.15, -0.1) is 0 Å². The maximum atomic E-state index is 12.1. The molecule has 6 heteroatoms. The molecule has 0 heterocycles. The van der Waals surface area contributed by atoms with Crippen molar-refractivity contribution in [2.24, 2.45) is 5.73 Å². The Labute approximate surface area is 118 Å². The number of nitrogens with one attached hydrogen (secondary N) is 1. The molecule has 0 atom stereocenters. The lowest BCUT2D eigenvalue weighted by atomic mass is 10.1. The number of amides is 2. The first-order chi connectivity index (χ1) is 9.58. The first-order valence-corrected chi connectivity index (χ1v) is 6.38. The van der Waals surface area contributed by atoms with E-state index in [1.54, 1.807) is 38.4 Å². The van der Waals surface area contributed by atoms with Gasteiger partial charge >= 0.3 is 0 Å². The van der Waals surface area contributed by atoms with E-state index in [-0.39, 0.29) is 18.4 Å². The number of methoxy groups -OCH3 is 1. The average Bonchev–Trinajstić information content (AvgIpc) is 2.46. The first kappa shape index (κ1) is 16.1. The number of hydrogen-bond acceptors (Lipinski definition) is 4. The fourth-order valence-corrected chi connectivity index (χ4v) is 1.64. The normalized spacial score (nSPS) is 10.2. The number of nitrogens with two attached hydrogens (primary N) is 1. The third-order valence-corrected chi connectivity index (χ3v) is 2.79. The minimum atomic E-state index is -0.212. The van der Waals surface area contributed by atoms with Crippen LogP contribution in [0, 0.1) is 0 Å². The van der Waals surface area contributed by atoms with Crippen molar-refractivity contribution in [1.82, 2.24) is 10.2 Å². The van der Waals surface area contributed by atoms with Gasteiger partial charge in [-0.2, -0.15) is 0 Å². The Balaban J connectivity index is 2.51. The first-order valence-electron chi connectivity index (χ1n) is 6.38. The van der Waals surface area contributed by atoms with Gasteiger partial charge in [-0.25, -0.2) is 0 Å². The van der Waals surface area contributed by atoms with Gasteiger partial charge in [0.1, 0.15) is 0 Å². The molecule has 6 nitrogen and oxygen atoms in total. The molecule has 0 spiro atoms. The maximum absolute atomic E-state index is 12.1. The van der Waals surface area contributed by atoms with E-state index in [4.69, 9.17) is 10.5 Å². The third-order valence-electron chi connectivity index (χ3n) is 2.79. The molecule has 1 rings (SSSR count). The Morgan fingerprint density at radius 2 is 1.95 bits per heavy atom. The minimum absolute atomic E-state index is 0.0151. The Morgan fingerprint density at radius 1 is 1.30 bits per heavy atom. The van der Waals surface area contributed by atoms with Gasteiger partial charge in [0.05, 0.1) is 13.2 Å². The lowest BCUT2D eigenvalue weighted by Crippen LogP contribution is -2.39. The van der Waals surface area contributed by atoms with Crippen molar-refractivity contribution in [3.05, 3.63) is 35.4 Å². The molecule has 0 fully saturated rings. The van der Waals surface area contributed by atoms with Gasteiger partial charge in [0, 0.05) is 32.8 Å². The largest absolute Gasteiger partial charge is 0.383 e. The van der Waals surface area contributed by atoms with Crippen molar-refractivity contribution in [1.29, 1.82) is 0 Å². The molecular weight excluding hydrogens is 258 g/mol. The van der Waals surface area contributed by atoms with Crippen LogP contribution < -0.4 is 11.1 Å². The van der Waals surface area contributed by atoms with Gasteiger partial charge in [0.15, 0.2) is 0 Å². The van der Waals surface area contributed by atoms with Crippen molar-refractivity contribution in [3.8, 4) is 0 Å². The molecule has 2 amide bonds. The van der Waals surface area contributed by atoms with E-state index in [1.165, 1.54) is 4.90 Å². The fraction of sp³-hybridized carbons (Fsp3) is 0.429. The number of carbonyl (C=O) groups is 2. The number of likely N-dealkylation sites (N-methyl/N-ethyl adjacent to an activating group) is 1. The highest BCUT2D eigenvalue weighted by molar-refractivity contribution is 5.96. The minimum Gasteiger partial charge on any atom is -0.383 e. The Morgan fingerprint density at radius 3 is 2.50 bits per heavy atom. The van der Waals surface area contributed by atoms with Gasteiger partial charge in [0.25, 0.3) is 5.91 Å². The van der Waals surface area contributed by atoms with Crippen molar-refractivity contribution >= 4 is 11.8 Å². The van der Waals surface area contributed by atoms with Crippen molar-refractivity contribution in [2.45, 2.75) is 6.54 Å². The highest BCUT2D eigenvalue weighted by atomic mass is 16.5. The Kier molecular flexibility index (Phi) is 6.69. The van der Waals surface area contributed by atoms with E-state index in [1.807, 2.05) is 0 Å². The molecular formula is C14H21N3O3. The van der Waals surface area contributed by atoms with Gasteiger partial charge in [-0.3, -0.25) is 9.59 Å². The van der Waals surface area contributed by atoms with Crippen LogP contribution in [0.3, 0.4) is 0 Å². The van der Waals surface area contributed by atoms with Gasteiger partial charge in [-0.1, -0.05) is 12.1 Å². The number of rotatable bonds is 7. The van der Waals surface area contributed by atoms with Crippen LogP contribution in [0.4, 0.5) is 0 Å². The summed E-state index contributed by atoms with van der Waals surface area (Å²) in [5, 5.41) is 2.66. The molecule has 0 radical (unpaired) electrons. The molecule has 0 saturated carbocycles. The van der Waals surface area contributed by atoms with Gasteiger partial charge < -0.3 is 20.7 Å². The summed E-state index contributed by atoms with van der Waals surface area (Å²) in [5.41, 5.74) is 7.00. The lowest BCUT2D eigenvalue weighted by Gasteiger charge is -2.17. The molecule has 0 aliphatic heterocycles. The number of ether oxygens (including phenoxy) is 1. The highest BCUT2D eigenvalue weighted by Gasteiger charge is 2.14. The van der Waals surface area contributed by atoms with Crippen LogP contribution in [0.25, 0.3) is 0 Å². The molecule has 1 aromatic carbocycles. The molecule has 0 aliphatic carbocycles. The number of nitrogens with zero attached hydrogens (tertiary/aromatic N) is 1. The number of benzene rings is 1. The third kappa shape index (κ3) is 4.99. The molecule has 1 aromatic rings. The predicted octanol–water partition coefficient (Wildman–Crippen LogP) is -0.0201. The Hall–Kier alpha value is -1.92. The molecule has 0 bridgehead atoms. The SMILES string of the molecule is COCCNC(=O)CN(C)C(=O)c1ccc(CN)cc1. The van der Waals surface area contributed by atoms with Crippen LogP contribution in [0.15, 0.2) is 24.3 Å². The second-order valence-electron chi connectivity index (χ2n) is 4.41. The fourth-order valence-electron chi connectivity index (χ4n) is 1.64. The summed E-state index contributed by atoms with van der Waals surface area (Å²) in [5.74, 6) is -0.410. The number of carbonyl (C=O) groups excluding carboxylic acids is 2. The maximum Gasteiger partial charge on any atom is 0.254 e. The van der Waals surface area contributed by atoms with E-state index < -0.39 is 0 Å². The van der Waals surface area contributed by atoms with Crippen molar-refractivity contribution < 1.29 is 14.3 Å². The lowest BCUT2D eigenvalue weighted by molar-refractivity contribution is -0.121. The van der Waals surface area contributed by atoms with Crippen LogP contribution in [0.5, 0.6) is 0 Å². The summed E-state index contributed by atoms with van der Waals surface area (Å²) in [6, 6.07) is 7.03. The standard InChI is InChI=1S/C14H21N3O3/c1-17(10-13(18)16-7-8-20-2)14(19)12-5-3-11(9-15)4-6-12/h3-6H,7-10,15H2,1-2H3,(H,16,18). The molecule has 3 N–H and O–H groups in total. The molecule has 0 saturated heterocycles. The summed E-state index contributed by atoms with van der Waals surface area (Å²) in [6.45, 7) is 1.33. The summed E-state index contributed by atoms with van der Waals surface area (Å²) in [4.78, 5) is 25.1. The van der Waals surface area contributed by atoms with Crippen LogP contribution in [0.1, 0.15) is 15.9 Å². The van der Waals surface area contributed by atoms with Crippen LogP contribution in [0.2, 0.25) is 0 Å². The van der Waals surface area contributed by atoms with E-state index in [2.05, 4.69) is 5.32 Å². The van der Waals surface area contributed by atoms with Crippen molar-refractivity contribution in [3.63, 3.8) is 0 Å². The summed E-state index contributed by atoms with van der Waals surface area (Å²) >= 11 is 0. The molecule has 0 unspecified atom stereocenters. The van der Waals surface area contributed by atoms with Gasteiger partial charge in [-0.05, 0) is 17.7 Å². The predicted molar refractivity (Wildman–Crippen MR) is 76.2 cm³/mol. The van der Waals surface area contributed by atoms with E-state index >= 15 is 0 Å². The van der Waals surface area contributed by atoms with Gasteiger partial charge in [0.2, 0.25) is 5.91 Å². The molecule has 20 heavy (non-hydrogen) atoms. The zero-order chi connectivity index (χ0) is 15.0. The van der Waals surface area contributed by atoms with Crippen LogP contribution in [-0.2, 0) is 16.1 Å². The second-order valence-corrected chi connectivity index (χ2v) is 4.41. The smallest absolute Gasteiger partial charge is 0.254 e. The van der Waals surface area contributed by atoms with Crippen molar-refractivity contribution in [2.75, 3.05) is 33.9 Å².